The van der Waals surface area contributed by atoms with Gasteiger partial charge in [0, 0.05) is 12.6 Å². The van der Waals surface area contributed by atoms with E-state index in [-0.39, 0.29) is 5.69 Å². The highest BCUT2D eigenvalue weighted by Gasteiger charge is 2.19. The molecule has 1 aromatic heterocycles. The van der Waals surface area contributed by atoms with Crippen molar-refractivity contribution in [3.05, 3.63) is 34.4 Å². The van der Waals surface area contributed by atoms with Gasteiger partial charge in [-0.3, -0.25) is 10.1 Å². The number of unbranched alkanes of at least 4 members (excludes halogenated alkanes) is 1. The van der Waals surface area contributed by atoms with Crippen LogP contribution in [0.3, 0.4) is 0 Å². The minimum atomic E-state index is -0.436. The molecule has 8 nitrogen and oxygen atoms in total. The number of hydrogen-bond donors (Lipinski definition) is 1. The smallest absolute Gasteiger partial charge is 0.280 e. The summed E-state index contributed by atoms with van der Waals surface area (Å²) in [4.78, 5) is 10.6. The van der Waals surface area contributed by atoms with Crippen LogP contribution in [0.5, 0.6) is 0 Å². The van der Waals surface area contributed by atoms with E-state index in [1.165, 1.54) is 6.07 Å². The van der Waals surface area contributed by atoms with Crippen LogP contribution in [0.4, 0.5) is 5.69 Å². The minimum Gasteiger partial charge on any atom is -0.330 e. The lowest BCUT2D eigenvalue weighted by Gasteiger charge is -2.04. The van der Waals surface area contributed by atoms with Crippen molar-refractivity contribution in [2.45, 2.75) is 19.4 Å². The van der Waals surface area contributed by atoms with E-state index in [9.17, 15) is 10.1 Å². The van der Waals surface area contributed by atoms with Crippen molar-refractivity contribution >= 4 is 5.69 Å². The lowest BCUT2D eigenvalue weighted by atomic mass is 10.1. The van der Waals surface area contributed by atoms with Gasteiger partial charge in [0.15, 0.2) is 5.82 Å². The van der Waals surface area contributed by atoms with Gasteiger partial charge in [-0.2, -0.15) is 0 Å². The van der Waals surface area contributed by atoms with Crippen molar-refractivity contribution < 1.29 is 4.92 Å². The second-order valence-corrected chi connectivity index (χ2v) is 4.00. The number of hydrogen-bond acceptors (Lipinski definition) is 6. The number of aromatic nitrogens is 4. The molecule has 1 heterocycles. The molecule has 0 aliphatic rings. The Hall–Kier alpha value is -2.35. The van der Waals surface area contributed by atoms with Gasteiger partial charge in [0.2, 0.25) is 0 Å². The van der Waals surface area contributed by atoms with Gasteiger partial charge in [-0.1, -0.05) is 12.1 Å². The first kappa shape index (κ1) is 13.1. The highest BCUT2D eigenvalue weighted by Crippen LogP contribution is 2.27. The second-order valence-electron chi connectivity index (χ2n) is 4.00. The molecular weight excluding hydrogens is 248 g/mol. The quantitative estimate of drug-likeness (QED) is 0.471. The summed E-state index contributed by atoms with van der Waals surface area (Å²) in [6, 6.07) is 6.42. The molecule has 100 valence electrons. The van der Waals surface area contributed by atoms with Gasteiger partial charge in [-0.15, -0.1) is 5.10 Å². The maximum Gasteiger partial charge on any atom is 0.280 e. The second kappa shape index (κ2) is 6.01. The van der Waals surface area contributed by atoms with E-state index in [4.69, 9.17) is 5.73 Å². The molecule has 0 saturated heterocycles. The molecule has 0 spiro atoms. The monoisotopic (exact) mass is 262 g/mol. The fraction of sp³-hybridized carbons (Fsp3) is 0.364. The van der Waals surface area contributed by atoms with E-state index >= 15 is 0 Å². The van der Waals surface area contributed by atoms with Crippen molar-refractivity contribution in [1.29, 1.82) is 0 Å². The largest absolute Gasteiger partial charge is 0.330 e. The molecule has 2 rings (SSSR count). The molecule has 0 saturated carbocycles. The van der Waals surface area contributed by atoms with Crippen LogP contribution in [-0.4, -0.2) is 31.7 Å². The van der Waals surface area contributed by atoms with Gasteiger partial charge in [0.1, 0.15) is 0 Å². The van der Waals surface area contributed by atoms with Gasteiger partial charge >= 0.3 is 0 Å². The molecule has 19 heavy (non-hydrogen) atoms. The van der Waals surface area contributed by atoms with Gasteiger partial charge in [0.25, 0.3) is 5.69 Å². The van der Waals surface area contributed by atoms with Crippen LogP contribution in [0.1, 0.15) is 12.8 Å². The summed E-state index contributed by atoms with van der Waals surface area (Å²) < 4.78 is 1.57. The van der Waals surface area contributed by atoms with E-state index in [2.05, 4.69) is 15.5 Å². The number of nitro groups is 1. The van der Waals surface area contributed by atoms with Crippen LogP contribution in [-0.2, 0) is 6.54 Å². The third kappa shape index (κ3) is 2.91. The average molecular weight is 262 g/mol. The molecule has 0 bridgehead atoms. The maximum absolute atomic E-state index is 11.0. The van der Waals surface area contributed by atoms with Crippen LogP contribution in [0, 0.1) is 10.1 Å². The number of nitro benzene ring substituents is 1. The van der Waals surface area contributed by atoms with Crippen LogP contribution in [0.25, 0.3) is 11.4 Å². The third-order valence-corrected chi connectivity index (χ3v) is 2.70. The predicted molar refractivity (Wildman–Crippen MR) is 68.2 cm³/mol. The molecule has 0 radical (unpaired) electrons. The Labute approximate surface area is 109 Å². The standard InChI is InChI=1S/C11H14N6O2/c12-7-3-4-8-16-11(13-14-15-16)9-5-1-2-6-10(9)17(18)19/h1-2,5-6H,3-4,7-8,12H2. The molecule has 2 N–H and O–H groups in total. The topological polar surface area (TPSA) is 113 Å². The number of nitrogens with two attached hydrogens (primary N) is 1. The Kier molecular flexibility index (Phi) is 4.14. The summed E-state index contributed by atoms with van der Waals surface area (Å²) in [6.07, 6.45) is 1.69. The summed E-state index contributed by atoms with van der Waals surface area (Å²) in [5.41, 5.74) is 5.85. The van der Waals surface area contributed by atoms with Gasteiger partial charge in [-0.25, -0.2) is 4.68 Å². The summed E-state index contributed by atoms with van der Waals surface area (Å²) in [5.74, 6) is 0.407. The van der Waals surface area contributed by atoms with E-state index in [0.29, 0.717) is 24.5 Å². The Morgan fingerprint density at radius 1 is 1.32 bits per heavy atom. The first-order chi connectivity index (χ1) is 9.24. The SMILES string of the molecule is NCCCCn1nnnc1-c1ccccc1[N+](=O)[O-]. The third-order valence-electron chi connectivity index (χ3n) is 2.70. The molecule has 0 atom stereocenters. The van der Waals surface area contributed by atoms with Crippen molar-refractivity contribution in [2.75, 3.05) is 6.54 Å². The van der Waals surface area contributed by atoms with Crippen molar-refractivity contribution in [1.82, 2.24) is 20.2 Å². The lowest BCUT2D eigenvalue weighted by Crippen LogP contribution is -2.07. The summed E-state index contributed by atoms with van der Waals surface area (Å²) in [5, 5.41) is 22.3. The molecule has 0 unspecified atom stereocenters. The molecule has 2 aromatic rings. The van der Waals surface area contributed by atoms with Crippen LogP contribution in [0.15, 0.2) is 24.3 Å². The molecular formula is C11H14N6O2. The Morgan fingerprint density at radius 2 is 2.11 bits per heavy atom. The van der Waals surface area contributed by atoms with E-state index in [0.717, 1.165) is 12.8 Å². The zero-order valence-corrected chi connectivity index (χ0v) is 10.3. The Balaban J connectivity index is 2.32. The molecule has 0 aliphatic carbocycles. The van der Waals surface area contributed by atoms with E-state index in [1.54, 1.807) is 22.9 Å². The highest BCUT2D eigenvalue weighted by atomic mass is 16.6. The van der Waals surface area contributed by atoms with Gasteiger partial charge in [0.05, 0.1) is 10.5 Å². The highest BCUT2D eigenvalue weighted by molar-refractivity contribution is 5.67. The molecule has 0 fully saturated rings. The number of para-hydroxylation sites is 1. The minimum absolute atomic E-state index is 0.00243. The first-order valence-electron chi connectivity index (χ1n) is 5.94. The van der Waals surface area contributed by atoms with E-state index in [1.807, 2.05) is 0 Å². The summed E-state index contributed by atoms with van der Waals surface area (Å²) >= 11 is 0. The van der Waals surface area contributed by atoms with Gasteiger partial charge in [-0.05, 0) is 35.9 Å². The Morgan fingerprint density at radius 3 is 2.84 bits per heavy atom. The fourth-order valence-electron chi connectivity index (χ4n) is 1.78. The normalized spacial score (nSPS) is 10.6. The molecule has 0 aliphatic heterocycles. The van der Waals surface area contributed by atoms with Crippen molar-refractivity contribution in [3.8, 4) is 11.4 Å². The molecule has 1 aromatic carbocycles. The van der Waals surface area contributed by atoms with Crippen LogP contribution < -0.4 is 5.73 Å². The molecule has 0 amide bonds. The summed E-state index contributed by atoms with van der Waals surface area (Å²) in [6.45, 7) is 1.19. The number of benzene rings is 1. The summed E-state index contributed by atoms with van der Waals surface area (Å²) in [7, 11) is 0. The average Bonchev–Trinajstić information content (AvgIpc) is 2.87. The van der Waals surface area contributed by atoms with Gasteiger partial charge < -0.3 is 5.73 Å². The lowest BCUT2D eigenvalue weighted by molar-refractivity contribution is -0.384. The molecule has 8 heteroatoms. The number of tetrazole rings is 1. The van der Waals surface area contributed by atoms with Crippen LogP contribution >= 0.6 is 0 Å². The fourth-order valence-corrected chi connectivity index (χ4v) is 1.78. The zero-order chi connectivity index (χ0) is 13.7. The van der Waals surface area contributed by atoms with Crippen LogP contribution in [0.2, 0.25) is 0 Å². The van der Waals surface area contributed by atoms with Crippen molar-refractivity contribution in [2.24, 2.45) is 5.73 Å². The van der Waals surface area contributed by atoms with Crippen molar-refractivity contribution in [3.63, 3.8) is 0 Å². The number of nitrogens with zero attached hydrogens (tertiary/aromatic N) is 5. The number of rotatable bonds is 6. The first-order valence-corrected chi connectivity index (χ1v) is 5.94. The maximum atomic E-state index is 11.0. The number of aryl methyl sites for hydroxylation is 1. The van der Waals surface area contributed by atoms with E-state index < -0.39 is 4.92 Å². The zero-order valence-electron chi connectivity index (χ0n) is 10.3. The predicted octanol–water partition coefficient (Wildman–Crippen LogP) is 0.987. The Bertz CT molecular complexity index is 568.